The van der Waals surface area contributed by atoms with E-state index in [1.807, 2.05) is 42.5 Å². The Morgan fingerprint density at radius 3 is 2.56 bits per heavy atom. The summed E-state index contributed by atoms with van der Waals surface area (Å²) in [7, 11) is 0. The number of aromatic nitrogens is 1. The number of nitrogens with zero attached hydrogens (tertiary/aromatic N) is 1. The Morgan fingerprint density at radius 1 is 1.19 bits per heavy atom. The molecule has 0 amide bonds. The zero-order chi connectivity index (χ0) is 19.4. The van der Waals surface area contributed by atoms with Gasteiger partial charge in [-0.25, -0.2) is 0 Å². The van der Waals surface area contributed by atoms with Crippen LogP contribution in [0.25, 0.3) is 11.3 Å². The fourth-order valence-electron chi connectivity index (χ4n) is 2.82. The van der Waals surface area contributed by atoms with Crippen LogP contribution in [0.2, 0.25) is 5.02 Å². The van der Waals surface area contributed by atoms with Gasteiger partial charge >= 0.3 is 5.97 Å². The molecule has 2 aromatic carbocycles. The maximum atomic E-state index is 12.5. The van der Waals surface area contributed by atoms with E-state index >= 15 is 0 Å². The second-order valence-electron chi connectivity index (χ2n) is 6.24. The summed E-state index contributed by atoms with van der Waals surface area (Å²) in [6.07, 6.45) is -0.380. The molecule has 1 unspecified atom stereocenters. The highest BCUT2D eigenvalue weighted by Gasteiger charge is 2.21. The van der Waals surface area contributed by atoms with Gasteiger partial charge in [0.2, 0.25) is 0 Å². The predicted octanol–water partition coefficient (Wildman–Crippen LogP) is 5.89. The first-order valence-electron chi connectivity index (χ1n) is 8.54. The smallest absolute Gasteiger partial charge is 0.311 e. The van der Waals surface area contributed by atoms with Gasteiger partial charge in [0, 0.05) is 27.6 Å². The number of aryl methyl sites for hydroxylation is 1. The third-order valence-corrected chi connectivity index (χ3v) is 4.98. The zero-order valence-corrected chi connectivity index (χ0v) is 16.6. The highest BCUT2D eigenvalue weighted by molar-refractivity contribution is 6.31. The summed E-state index contributed by atoms with van der Waals surface area (Å²) in [6.45, 7) is 3.60. The molecule has 140 valence electrons. The van der Waals surface area contributed by atoms with E-state index < -0.39 is 6.10 Å². The Balaban J connectivity index is 1.76. The maximum Gasteiger partial charge on any atom is 0.311 e. The fourth-order valence-corrected chi connectivity index (χ4v) is 3.29. The molecular formula is C21H19Cl2NO3. The molecule has 0 aliphatic heterocycles. The van der Waals surface area contributed by atoms with Crippen molar-refractivity contribution in [2.45, 2.75) is 32.3 Å². The Hall–Kier alpha value is -2.30. The van der Waals surface area contributed by atoms with Crippen LogP contribution in [0.15, 0.2) is 53.1 Å². The number of hydrogen-bond acceptors (Lipinski definition) is 4. The van der Waals surface area contributed by atoms with Crippen LogP contribution in [0.5, 0.6) is 0 Å². The van der Waals surface area contributed by atoms with Gasteiger partial charge < -0.3 is 9.26 Å². The van der Waals surface area contributed by atoms with E-state index in [0.717, 1.165) is 16.7 Å². The van der Waals surface area contributed by atoms with E-state index in [2.05, 4.69) is 5.16 Å². The molecule has 1 aromatic heterocycles. The quantitative estimate of drug-likeness (QED) is 0.380. The molecule has 4 nitrogen and oxygen atoms in total. The number of halogens is 2. The van der Waals surface area contributed by atoms with Crippen LogP contribution in [0, 0.1) is 6.92 Å². The lowest BCUT2D eigenvalue weighted by molar-refractivity contribution is -0.147. The Labute approximate surface area is 168 Å². The molecule has 1 atom stereocenters. The Morgan fingerprint density at radius 2 is 1.89 bits per heavy atom. The number of rotatable bonds is 6. The first-order valence-corrected chi connectivity index (χ1v) is 9.45. The minimum Gasteiger partial charge on any atom is -0.457 e. The average molecular weight is 404 g/mol. The highest BCUT2D eigenvalue weighted by Crippen LogP contribution is 2.29. The van der Waals surface area contributed by atoms with Gasteiger partial charge in [0.15, 0.2) is 5.76 Å². The predicted molar refractivity (Wildman–Crippen MR) is 106 cm³/mol. The normalized spacial score (nSPS) is 12.0. The zero-order valence-electron chi connectivity index (χ0n) is 15.0. The van der Waals surface area contributed by atoms with E-state index in [1.165, 1.54) is 0 Å². The van der Waals surface area contributed by atoms with Crippen LogP contribution in [-0.2, 0) is 21.8 Å². The molecule has 0 fully saturated rings. The number of ether oxygens (including phenoxy) is 1. The standard InChI is InChI=1S/C21H19Cl2NO3/c1-13-18(21(27-24-13)16-9-7-15(12-22)8-10-16)11-20(25)26-14(2)17-5-3-4-6-19(17)23/h3-10,14H,11-12H2,1-2H3. The van der Waals surface area contributed by atoms with E-state index in [0.29, 0.717) is 27.9 Å². The van der Waals surface area contributed by atoms with Crippen LogP contribution in [-0.4, -0.2) is 11.1 Å². The topological polar surface area (TPSA) is 52.3 Å². The number of carbonyl (C=O) groups is 1. The molecule has 1 heterocycles. The van der Waals surface area contributed by atoms with Crippen molar-refractivity contribution in [1.82, 2.24) is 5.16 Å². The summed E-state index contributed by atoms with van der Waals surface area (Å²) in [5, 5.41) is 4.58. The third kappa shape index (κ3) is 4.52. The first-order chi connectivity index (χ1) is 13.0. The van der Waals surface area contributed by atoms with Crippen LogP contribution < -0.4 is 0 Å². The van der Waals surface area contributed by atoms with Crippen LogP contribution in [0.4, 0.5) is 0 Å². The molecule has 0 aliphatic carbocycles. The first kappa shape index (κ1) is 19.5. The number of esters is 1. The molecule has 0 N–H and O–H groups in total. The van der Waals surface area contributed by atoms with Crippen LogP contribution in [0.1, 0.15) is 35.4 Å². The molecule has 0 saturated carbocycles. The number of alkyl halides is 1. The summed E-state index contributed by atoms with van der Waals surface area (Å²) in [6, 6.07) is 14.9. The summed E-state index contributed by atoms with van der Waals surface area (Å²) >= 11 is 12.0. The molecular weight excluding hydrogens is 385 g/mol. The van der Waals surface area contributed by atoms with Crippen molar-refractivity contribution in [3.8, 4) is 11.3 Å². The molecule has 0 radical (unpaired) electrons. The van der Waals surface area contributed by atoms with Gasteiger partial charge in [0.25, 0.3) is 0 Å². The molecule has 3 rings (SSSR count). The van der Waals surface area contributed by atoms with E-state index in [4.69, 9.17) is 32.5 Å². The summed E-state index contributed by atoms with van der Waals surface area (Å²) in [4.78, 5) is 12.5. The van der Waals surface area contributed by atoms with Crippen molar-refractivity contribution in [2.75, 3.05) is 0 Å². The summed E-state index contributed by atoms with van der Waals surface area (Å²) in [5.41, 5.74) is 3.99. The lowest BCUT2D eigenvalue weighted by Gasteiger charge is -2.15. The summed E-state index contributed by atoms with van der Waals surface area (Å²) in [5.74, 6) is 0.637. The molecule has 27 heavy (non-hydrogen) atoms. The summed E-state index contributed by atoms with van der Waals surface area (Å²) < 4.78 is 11.0. The van der Waals surface area contributed by atoms with Gasteiger partial charge in [-0.15, -0.1) is 11.6 Å². The minimum absolute atomic E-state index is 0.0662. The molecule has 0 aliphatic rings. The van der Waals surface area contributed by atoms with Gasteiger partial charge in [0.1, 0.15) is 6.10 Å². The van der Waals surface area contributed by atoms with Crippen LogP contribution >= 0.6 is 23.2 Å². The second-order valence-corrected chi connectivity index (χ2v) is 6.91. The van der Waals surface area contributed by atoms with Crippen molar-refractivity contribution >= 4 is 29.2 Å². The average Bonchev–Trinajstić information content (AvgIpc) is 3.02. The van der Waals surface area contributed by atoms with Gasteiger partial charge in [-0.3, -0.25) is 4.79 Å². The number of hydrogen-bond donors (Lipinski definition) is 0. The lowest BCUT2D eigenvalue weighted by Crippen LogP contribution is -2.12. The minimum atomic E-state index is -0.446. The van der Waals surface area contributed by atoms with Crippen molar-refractivity contribution < 1.29 is 14.1 Å². The van der Waals surface area contributed by atoms with Gasteiger partial charge in [0.05, 0.1) is 12.1 Å². The molecule has 3 aromatic rings. The highest BCUT2D eigenvalue weighted by atomic mass is 35.5. The molecule has 0 spiro atoms. The maximum absolute atomic E-state index is 12.5. The number of carbonyl (C=O) groups excluding carboxylic acids is 1. The van der Waals surface area contributed by atoms with Crippen molar-refractivity contribution in [3.05, 3.63) is 75.9 Å². The van der Waals surface area contributed by atoms with Crippen molar-refractivity contribution in [1.29, 1.82) is 0 Å². The SMILES string of the molecule is Cc1noc(-c2ccc(CCl)cc2)c1CC(=O)OC(C)c1ccccc1Cl. The van der Waals surface area contributed by atoms with E-state index in [9.17, 15) is 4.79 Å². The Bertz CT molecular complexity index is 935. The number of benzene rings is 2. The second kappa shape index (κ2) is 8.59. The van der Waals surface area contributed by atoms with E-state index in [-0.39, 0.29) is 12.4 Å². The van der Waals surface area contributed by atoms with Gasteiger partial charge in [-0.05, 0) is 25.5 Å². The fraction of sp³-hybridized carbons (Fsp3) is 0.238. The lowest BCUT2D eigenvalue weighted by atomic mass is 10.0. The van der Waals surface area contributed by atoms with Crippen molar-refractivity contribution in [2.24, 2.45) is 0 Å². The van der Waals surface area contributed by atoms with E-state index in [1.54, 1.807) is 19.9 Å². The van der Waals surface area contributed by atoms with Crippen LogP contribution in [0.3, 0.4) is 0 Å². The van der Waals surface area contributed by atoms with Crippen molar-refractivity contribution in [3.63, 3.8) is 0 Å². The van der Waals surface area contributed by atoms with Gasteiger partial charge in [-0.2, -0.15) is 0 Å². The molecule has 0 bridgehead atoms. The van der Waals surface area contributed by atoms with Gasteiger partial charge in [-0.1, -0.05) is 59.2 Å². The molecule has 0 saturated heterocycles. The molecule has 6 heteroatoms. The monoisotopic (exact) mass is 403 g/mol. The largest absolute Gasteiger partial charge is 0.457 e. The Kier molecular flexibility index (Phi) is 6.19. The third-order valence-electron chi connectivity index (χ3n) is 4.33.